The first kappa shape index (κ1) is 13.1. The van der Waals surface area contributed by atoms with Gasteiger partial charge in [0.05, 0.1) is 13.2 Å². The van der Waals surface area contributed by atoms with Gasteiger partial charge in [0.15, 0.2) is 0 Å². The molecule has 1 unspecified atom stereocenters. The summed E-state index contributed by atoms with van der Waals surface area (Å²) in [4.78, 5) is 12.0. The highest BCUT2D eigenvalue weighted by molar-refractivity contribution is 7.08. The van der Waals surface area contributed by atoms with Crippen molar-refractivity contribution in [2.45, 2.75) is 12.0 Å². The van der Waals surface area contributed by atoms with Crippen LogP contribution in [0.4, 0.5) is 0 Å². The molecule has 0 aliphatic carbocycles. The number of carbonyl (C=O) groups excluding carboxylic acids is 1. The van der Waals surface area contributed by atoms with Crippen LogP contribution in [-0.4, -0.2) is 24.2 Å². The summed E-state index contributed by atoms with van der Waals surface area (Å²) >= 11 is 1.47. The Labute approximate surface area is 121 Å². The van der Waals surface area contributed by atoms with Crippen molar-refractivity contribution in [1.29, 1.82) is 0 Å². The molecule has 2 aromatic rings. The van der Waals surface area contributed by atoms with Gasteiger partial charge in [-0.1, -0.05) is 18.2 Å². The first-order valence-electron chi connectivity index (χ1n) is 6.44. The number of hydrogen-bond donors (Lipinski definition) is 2. The number of hydrogen-bond acceptors (Lipinski definition) is 4. The van der Waals surface area contributed by atoms with E-state index in [0.29, 0.717) is 24.3 Å². The van der Waals surface area contributed by atoms with Crippen LogP contribution in [0.15, 0.2) is 41.1 Å². The molecule has 1 aliphatic heterocycles. The van der Waals surface area contributed by atoms with Crippen molar-refractivity contribution in [3.63, 3.8) is 0 Å². The lowest BCUT2D eigenvalue weighted by Gasteiger charge is -2.34. The quantitative estimate of drug-likeness (QED) is 0.910. The molecule has 1 amide bonds. The molecular weight excluding hydrogens is 274 g/mol. The molecular formula is C15H15NO3S. The number of rotatable bonds is 3. The summed E-state index contributed by atoms with van der Waals surface area (Å²) in [7, 11) is 0. The fourth-order valence-corrected chi connectivity index (χ4v) is 2.98. The highest BCUT2D eigenvalue weighted by Gasteiger charge is 2.35. The monoisotopic (exact) mass is 289 g/mol. The van der Waals surface area contributed by atoms with Crippen molar-refractivity contribution in [2.75, 3.05) is 13.2 Å². The third-order valence-corrected chi connectivity index (χ3v) is 4.17. The van der Waals surface area contributed by atoms with Crippen LogP contribution in [-0.2, 0) is 5.60 Å². The predicted molar refractivity (Wildman–Crippen MR) is 77.1 cm³/mol. The van der Waals surface area contributed by atoms with Gasteiger partial charge in [-0.2, -0.15) is 11.3 Å². The first-order chi connectivity index (χ1) is 9.69. The maximum absolute atomic E-state index is 12.0. The zero-order valence-electron chi connectivity index (χ0n) is 10.8. The zero-order chi connectivity index (χ0) is 14.0. The maximum atomic E-state index is 12.0. The Morgan fingerprint density at radius 2 is 2.25 bits per heavy atom. The third-order valence-electron chi connectivity index (χ3n) is 3.49. The van der Waals surface area contributed by atoms with Crippen LogP contribution in [0.2, 0.25) is 0 Å². The van der Waals surface area contributed by atoms with Crippen LogP contribution in [0.25, 0.3) is 0 Å². The van der Waals surface area contributed by atoms with E-state index in [-0.39, 0.29) is 12.5 Å². The number of carbonyl (C=O) groups is 1. The number of ether oxygens (including phenoxy) is 1. The van der Waals surface area contributed by atoms with Crippen LogP contribution in [0, 0.1) is 0 Å². The average Bonchev–Trinajstić information content (AvgIpc) is 3.00. The van der Waals surface area contributed by atoms with E-state index in [1.807, 2.05) is 29.6 Å². The lowest BCUT2D eigenvalue weighted by Crippen LogP contribution is -2.43. The third kappa shape index (κ3) is 2.42. The van der Waals surface area contributed by atoms with Crippen LogP contribution in [0.5, 0.6) is 5.75 Å². The normalized spacial score (nSPS) is 20.9. The molecule has 1 aromatic carbocycles. The SMILES string of the molecule is O=C(NCC1(O)CCOc2ccccc21)c1ccsc1. The molecule has 0 saturated heterocycles. The number of nitrogens with one attached hydrogen (secondary N) is 1. The minimum absolute atomic E-state index is 0.163. The Bertz CT molecular complexity index is 611. The number of amides is 1. The van der Waals surface area contributed by atoms with Gasteiger partial charge < -0.3 is 15.2 Å². The second-order valence-electron chi connectivity index (χ2n) is 4.82. The second kappa shape index (κ2) is 5.26. The minimum Gasteiger partial charge on any atom is -0.493 e. The molecule has 2 N–H and O–H groups in total. The van der Waals surface area contributed by atoms with Crippen LogP contribution >= 0.6 is 11.3 Å². The molecule has 0 spiro atoms. The Kier molecular flexibility index (Phi) is 3.46. The standard InChI is InChI=1S/C15H15NO3S/c17-14(11-5-8-20-9-11)16-10-15(18)6-7-19-13-4-2-1-3-12(13)15/h1-5,8-9,18H,6-7,10H2,(H,16,17). The summed E-state index contributed by atoms with van der Waals surface area (Å²) in [5.41, 5.74) is 0.288. The molecule has 1 aliphatic rings. The van der Waals surface area contributed by atoms with Crippen molar-refractivity contribution in [2.24, 2.45) is 0 Å². The highest BCUT2D eigenvalue weighted by Crippen LogP contribution is 2.36. The van der Waals surface area contributed by atoms with Gasteiger partial charge >= 0.3 is 0 Å². The van der Waals surface area contributed by atoms with Crippen LogP contribution in [0.1, 0.15) is 22.3 Å². The first-order valence-corrected chi connectivity index (χ1v) is 7.38. The zero-order valence-corrected chi connectivity index (χ0v) is 11.7. The van der Waals surface area contributed by atoms with E-state index >= 15 is 0 Å². The molecule has 4 nitrogen and oxygen atoms in total. The van der Waals surface area contributed by atoms with Gasteiger partial charge in [0.2, 0.25) is 0 Å². The van der Waals surface area contributed by atoms with Gasteiger partial charge in [-0.05, 0) is 17.5 Å². The van der Waals surface area contributed by atoms with Gasteiger partial charge in [0.1, 0.15) is 11.4 Å². The van der Waals surface area contributed by atoms with Gasteiger partial charge in [0.25, 0.3) is 5.91 Å². The largest absolute Gasteiger partial charge is 0.493 e. The number of aliphatic hydroxyl groups is 1. The van der Waals surface area contributed by atoms with E-state index in [9.17, 15) is 9.90 Å². The summed E-state index contributed by atoms with van der Waals surface area (Å²) < 4.78 is 5.53. The molecule has 20 heavy (non-hydrogen) atoms. The number of benzene rings is 1. The lowest BCUT2D eigenvalue weighted by molar-refractivity contribution is -0.00160. The van der Waals surface area contributed by atoms with Gasteiger partial charge in [0, 0.05) is 22.9 Å². The summed E-state index contributed by atoms with van der Waals surface area (Å²) in [6.07, 6.45) is 0.466. The van der Waals surface area contributed by atoms with E-state index < -0.39 is 5.60 Å². The predicted octanol–water partition coefficient (Wildman–Crippen LogP) is 2.15. The van der Waals surface area contributed by atoms with Gasteiger partial charge in [-0.25, -0.2) is 0 Å². The van der Waals surface area contributed by atoms with Crippen LogP contribution in [0.3, 0.4) is 0 Å². The molecule has 0 bridgehead atoms. The highest BCUT2D eigenvalue weighted by atomic mass is 32.1. The number of para-hydroxylation sites is 1. The molecule has 0 radical (unpaired) electrons. The Hall–Kier alpha value is -1.85. The van der Waals surface area contributed by atoms with Crippen molar-refractivity contribution in [3.05, 3.63) is 52.2 Å². The minimum atomic E-state index is -1.07. The van der Waals surface area contributed by atoms with Crippen molar-refractivity contribution in [1.82, 2.24) is 5.32 Å². The van der Waals surface area contributed by atoms with Crippen molar-refractivity contribution in [3.8, 4) is 5.75 Å². The summed E-state index contributed by atoms with van der Waals surface area (Å²) in [5, 5.41) is 17.2. The van der Waals surface area contributed by atoms with Crippen LogP contribution < -0.4 is 10.1 Å². The Balaban J connectivity index is 1.76. The van der Waals surface area contributed by atoms with E-state index in [2.05, 4.69) is 5.32 Å². The van der Waals surface area contributed by atoms with E-state index in [4.69, 9.17) is 4.74 Å². The van der Waals surface area contributed by atoms with E-state index in [1.165, 1.54) is 11.3 Å². The smallest absolute Gasteiger partial charge is 0.252 e. The fraction of sp³-hybridized carbons (Fsp3) is 0.267. The van der Waals surface area contributed by atoms with Crippen molar-refractivity contribution < 1.29 is 14.6 Å². The average molecular weight is 289 g/mol. The maximum Gasteiger partial charge on any atom is 0.252 e. The molecule has 0 fully saturated rings. The molecule has 1 atom stereocenters. The fourth-order valence-electron chi connectivity index (χ4n) is 2.35. The Morgan fingerprint density at radius 3 is 3.05 bits per heavy atom. The van der Waals surface area contributed by atoms with E-state index in [1.54, 1.807) is 11.4 Å². The molecule has 104 valence electrons. The summed E-state index contributed by atoms with van der Waals surface area (Å²) in [6, 6.07) is 9.17. The van der Waals surface area contributed by atoms with Crippen molar-refractivity contribution >= 4 is 17.2 Å². The Morgan fingerprint density at radius 1 is 1.40 bits per heavy atom. The second-order valence-corrected chi connectivity index (χ2v) is 5.60. The molecule has 5 heteroatoms. The molecule has 0 saturated carbocycles. The lowest BCUT2D eigenvalue weighted by atomic mass is 9.88. The van der Waals surface area contributed by atoms with Gasteiger partial charge in [-0.3, -0.25) is 4.79 Å². The van der Waals surface area contributed by atoms with E-state index in [0.717, 1.165) is 5.56 Å². The molecule has 2 heterocycles. The number of fused-ring (bicyclic) bond motifs is 1. The molecule has 1 aromatic heterocycles. The summed E-state index contributed by atoms with van der Waals surface area (Å²) in [6.45, 7) is 0.629. The van der Waals surface area contributed by atoms with Gasteiger partial charge in [-0.15, -0.1) is 0 Å². The number of thiophene rings is 1. The topological polar surface area (TPSA) is 58.6 Å². The molecule has 3 rings (SSSR count). The summed E-state index contributed by atoms with van der Waals surface area (Å²) in [5.74, 6) is 0.523.